The topological polar surface area (TPSA) is 0 Å². The Morgan fingerprint density at radius 2 is 1.44 bits per heavy atom. The van der Waals surface area contributed by atoms with Gasteiger partial charge in [0.1, 0.15) is 0 Å². The minimum atomic E-state index is -1.98. The number of hydrogen-bond acceptors (Lipinski definition) is 0. The van der Waals surface area contributed by atoms with Crippen LogP contribution < -0.4 is 0 Å². The van der Waals surface area contributed by atoms with Crippen LogP contribution in [-0.2, 0) is 21.3 Å². The van der Waals surface area contributed by atoms with Gasteiger partial charge >= 0.3 is 188 Å². The second-order valence-electron chi connectivity index (χ2n) is 7.80. The van der Waals surface area contributed by atoms with Crippen LogP contribution in [0.4, 0.5) is 0 Å². The molecule has 5 rings (SSSR count). The van der Waals surface area contributed by atoms with E-state index in [1.807, 2.05) is 6.49 Å². The second-order valence-corrected chi connectivity index (χ2v) is 16.4. The summed E-state index contributed by atoms with van der Waals surface area (Å²) in [5.41, 5.74) is 6.08. The van der Waals surface area contributed by atoms with Gasteiger partial charge in [-0.2, -0.15) is 0 Å². The molecule has 136 valence electrons. The molecule has 1 fully saturated rings. The van der Waals surface area contributed by atoms with Crippen molar-refractivity contribution in [2.24, 2.45) is 0 Å². The normalized spacial score (nSPS) is 18.4. The molecule has 0 heterocycles. The predicted molar refractivity (Wildman–Crippen MR) is 119 cm³/mol. The van der Waals surface area contributed by atoms with E-state index in [1.54, 1.807) is 11.1 Å². The Bertz CT molecular complexity index is 954. The average Bonchev–Trinajstić information content (AvgIpc) is 3.31. The van der Waals surface area contributed by atoms with Gasteiger partial charge in [0, 0.05) is 0 Å². The standard InChI is InChI=1S/C13H7Br2.C6H10.C5H5.Zr/c14-10-3-1-8-5-9-2-4-11(15)7-13(9)12(8)6-10;1-2-4-6-5-3-1;1-2-4-5-3-1;/h1-7H;1-5H2;1-3H,4H2;. The van der Waals surface area contributed by atoms with E-state index in [9.17, 15) is 0 Å². The molecule has 2 aromatic rings. The Hall–Kier alpha value is -0.367. The van der Waals surface area contributed by atoms with Crippen molar-refractivity contribution < 1.29 is 21.3 Å². The zero-order chi connectivity index (χ0) is 18.4. The van der Waals surface area contributed by atoms with Gasteiger partial charge in [-0.1, -0.05) is 0 Å². The monoisotopic (exact) mass is 558 g/mol. The molecule has 0 unspecified atom stereocenters. The first-order chi connectivity index (χ1) is 13.2. The van der Waals surface area contributed by atoms with Gasteiger partial charge in [0.25, 0.3) is 0 Å². The third-order valence-electron chi connectivity index (χ3n) is 6.19. The number of fused-ring (bicyclic) bond motifs is 3. The summed E-state index contributed by atoms with van der Waals surface area (Å²) in [6.45, 7) is 0. The molecule has 0 nitrogen and oxygen atoms in total. The summed E-state index contributed by atoms with van der Waals surface area (Å²) in [7, 11) is 0. The molecular weight excluding hydrogens is 539 g/mol. The van der Waals surface area contributed by atoms with Crippen molar-refractivity contribution in [3.63, 3.8) is 0 Å². The van der Waals surface area contributed by atoms with Gasteiger partial charge < -0.3 is 0 Å². The van der Waals surface area contributed by atoms with E-state index >= 15 is 0 Å². The molecule has 0 radical (unpaired) electrons. The quantitative estimate of drug-likeness (QED) is 0.350. The molecular formula is C24H22Br2Zr. The van der Waals surface area contributed by atoms with Crippen molar-refractivity contribution >= 4 is 35.1 Å². The van der Waals surface area contributed by atoms with Crippen LogP contribution in [0.25, 0.3) is 11.1 Å². The van der Waals surface area contributed by atoms with Crippen LogP contribution in [0.3, 0.4) is 0 Å². The molecule has 0 amide bonds. The molecule has 27 heavy (non-hydrogen) atoms. The van der Waals surface area contributed by atoms with Crippen LogP contribution in [0.5, 0.6) is 0 Å². The Morgan fingerprint density at radius 1 is 0.815 bits per heavy atom. The third kappa shape index (κ3) is 3.43. The number of rotatable bonds is 2. The second kappa shape index (κ2) is 7.81. The molecule has 0 bridgehead atoms. The van der Waals surface area contributed by atoms with Crippen LogP contribution in [-0.4, -0.2) is 3.21 Å². The van der Waals surface area contributed by atoms with Crippen molar-refractivity contribution in [3.05, 3.63) is 78.0 Å². The first kappa shape index (κ1) is 18.6. The van der Waals surface area contributed by atoms with E-state index in [2.05, 4.69) is 86.5 Å². The fourth-order valence-corrected chi connectivity index (χ4v) is 15.2. The third-order valence-corrected chi connectivity index (χ3v) is 15.8. The zero-order valence-corrected chi connectivity index (χ0v) is 20.9. The molecule has 0 aliphatic heterocycles. The summed E-state index contributed by atoms with van der Waals surface area (Å²) in [6.07, 6.45) is 15.4. The maximum atomic E-state index is 3.71. The van der Waals surface area contributed by atoms with Gasteiger partial charge in [-0.3, -0.25) is 0 Å². The van der Waals surface area contributed by atoms with Crippen molar-refractivity contribution in [1.82, 2.24) is 0 Å². The summed E-state index contributed by atoms with van der Waals surface area (Å²) < 4.78 is 6.81. The fourth-order valence-electron chi connectivity index (χ4n) is 5.02. The van der Waals surface area contributed by atoms with E-state index in [0.717, 1.165) is 0 Å². The molecule has 3 aliphatic rings. The van der Waals surface area contributed by atoms with E-state index in [0.29, 0.717) is 3.63 Å². The molecule has 0 saturated heterocycles. The first-order valence-corrected chi connectivity index (χ1v) is 15.4. The SMILES string of the molecule is Brc1ccc2c(c1)-c1cc(Br)ccc1[CH]2[Zr]([C]1=CC=CC1)=[C]1CCCCC1. The number of benzene rings is 2. The van der Waals surface area contributed by atoms with Crippen LogP contribution in [0.15, 0.2) is 66.9 Å². The van der Waals surface area contributed by atoms with Gasteiger partial charge in [0.2, 0.25) is 0 Å². The van der Waals surface area contributed by atoms with E-state index in [1.165, 1.54) is 58.6 Å². The van der Waals surface area contributed by atoms with Crippen LogP contribution in [0.2, 0.25) is 0 Å². The molecule has 0 spiro atoms. The van der Waals surface area contributed by atoms with Crippen LogP contribution in [0, 0.1) is 0 Å². The Balaban J connectivity index is 1.75. The van der Waals surface area contributed by atoms with Crippen molar-refractivity contribution in [2.45, 2.75) is 42.2 Å². The van der Waals surface area contributed by atoms with E-state index in [-0.39, 0.29) is 0 Å². The molecule has 0 atom stereocenters. The van der Waals surface area contributed by atoms with Crippen molar-refractivity contribution in [1.29, 1.82) is 0 Å². The summed E-state index contributed by atoms with van der Waals surface area (Å²) in [5, 5.41) is 0. The zero-order valence-electron chi connectivity index (χ0n) is 15.3. The van der Waals surface area contributed by atoms with Crippen LogP contribution >= 0.6 is 31.9 Å². The summed E-state index contributed by atoms with van der Waals surface area (Å²) in [4.78, 5) is 0. The Morgan fingerprint density at radius 3 is 2.00 bits per heavy atom. The number of allylic oxidation sites excluding steroid dienone is 4. The molecule has 3 heteroatoms. The van der Waals surface area contributed by atoms with Crippen molar-refractivity contribution in [3.8, 4) is 11.1 Å². The van der Waals surface area contributed by atoms with Gasteiger partial charge in [-0.05, 0) is 0 Å². The van der Waals surface area contributed by atoms with Gasteiger partial charge in [0.15, 0.2) is 0 Å². The summed E-state index contributed by atoms with van der Waals surface area (Å²) >= 11 is 5.44. The Kier molecular flexibility index (Phi) is 5.39. The number of halogens is 2. The molecule has 1 saturated carbocycles. The average molecular weight is 561 g/mol. The van der Waals surface area contributed by atoms with Crippen LogP contribution in [0.1, 0.15) is 53.3 Å². The summed E-state index contributed by atoms with van der Waals surface area (Å²) in [6, 6.07) is 14.0. The van der Waals surface area contributed by atoms with Gasteiger partial charge in [-0.15, -0.1) is 0 Å². The fraction of sp³-hybridized carbons (Fsp3) is 0.292. The Labute approximate surface area is 186 Å². The van der Waals surface area contributed by atoms with E-state index in [4.69, 9.17) is 0 Å². The minimum absolute atomic E-state index is 0.651. The van der Waals surface area contributed by atoms with Gasteiger partial charge in [-0.25, -0.2) is 0 Å². The number of hydrogen-bond donors (Lipinski definition) is 0. The molecule has 3 aliphatic carbocycles. The maximum absolute atomic E-state index is 3.71. The summed E-state index contributed by atoms with van der Waals surface area (Å²) in [5.74, 6) is 0. The predicted octanol–water partition coefficient (Wildman–Crippen LogP) is 7.88. The first-order valence-electron chi connectivity index (χ1n) is 9.89. The van der Waals surface area contributed by atoms with E-state index < -0.39 is 21.3 Å². The van der Waals surface area contributed by atoms with Crippen molar-refractivity contribution in [2.75, 3.05) is 0 Å². The molecule has 2 aromatic carbocycles. The molecule has 0 N–H and O–H groups in total. The molecule has 0 aromatic heterocycles. The van der Waals surface area contributed by atoms with Gasteiger partial charge in [0.05, 0.1) is 0 Å².